The van der Waals surface area contributed by atoms with Gasteiger partial charge in [-0.15, -0.1) is 0 Å². The highest BCUT2D eigenvalue weighted by Crippen LogP contribution is 2.34. The number of fused-ring (bicyclic) bond motifs is 1. The molecule has 29 heavy (non-hydrogen) atoms. The molecule has 0 spiro atoms. The summed E-state index contributed by atoms with van der Waals surface area (Å²) in [7, 11) is 1.55. The van der Waals surface area contributed by atoms with Crippen LogP contribution >= 0.6 is 11.8 Å². The number of hydrogen-bond acceptors (Lipinski definition) is 4. The van der Waals surface area contributed by atoms with Crippen LogP contribution in [0, 0.1) is 13.8 Å². The lowest BCUT2D eigenvalue weighted by molar-refractivity contribution is -0.123. The Morgan fingerprint density at radius 3 is 2.62 bits per heavy atom. The zero-order chi connectivity index (χ0) is 20.5. The third-order valence-electron chi connectivity index (χ3n) is 5.16. The van der Waals surface area contributed by atoms with Gasteiger partial charge in [0.2, 0.25) is 0 Å². The molecule has 6 heteroatoms. The number of nitrogens with zero attached hydrogens (tertiary/aromatic N) is 2. The van der Waals surface area contributed by atoms with E-state index in [-0.39, 0.29) is 17.7 Å². The van der Waals surface area contributed by atoms with Gasteiger partial charge < -0.3 is 9.30 Å². The van der Waals surface area contributed by atoms with Crippen LogP contribution < -0.4 is 0 Å². The summed E-state index contributed by atoms with van der Waals surface area (Å²) < 4.78 is 7.20. The van der Waals surface area contributed by atoms with E-state index in [9.17, 15) is 9.59 Å². The summed E-state index contributed by atoms with van der Waals surface area (Å²) in [5.74, 6) is -0.257. The van der Waals surface area contributed by atoms with Gasteiger partial charge in [-0.1, -0.05) is 36.4 Å². The van der Waals surface area contributed by atoms with E-state index in [1.54, 1.807) is 7.11 Å². The van der Waals surface area contributed by atoms with Gasteiger partial charge in [0.25, 0.3) is 11.1 Å². The average molecular weight is 407 g/mol. The van der Waals surface area contributed by atoms with Gasteiger partial charge in [-0.05, 0) is 54.8 Å². The van der Waals surface area contributed by atoms with E-state index in [2.05, 4.69) is 47.9 Å². The summed E-state index contributed by atoms with van der Waals surface area (Å²) in [5.41, 5.74) is 4.14. The molecule has 148 valence electrons. The Hall–Kier alpha value is -2.83. The summed E-state index contributed by atoms with van der Waals surface area (Å²) in [4.78, 5) is 26.5. The summed E-state index contributed by atoms with van der Waals surface area (Å²) in [6.07, 6.45) is 1.82. The third kappa shape index (κ3) is 3.50. The summed E-state index contributed by atoms with van der Waals surface area (Å²) in [5, 5.41) is 2.10. The van der Waals surface area contributed by atoms with E-state index < -0.39 is 0 Å². The number of imide groups is 1. The molecule has 1 aliphatic rings. The highest BCUT2D eigenvalue weighted by molar-refractivity contribution is 8.18. The summed E-state index contributed by atoms with van der Waals surface area (Å²) >= 11 is 0.983. The first-order valence-electron chi connectivity index (χ1n) is 9.42. The lowest BCUT2D eigenvalue weighted by atomic mass is 10.1. The molecule has 1 saturated heterocycles. The van der Waals surface area contributed by atoms with Crippen molar-refractivity contribution >= 4 is 39.8 Å². The minimum absolute atomic E-state index is 0.249. The van der Waals surface area contributed by atoms with Crippen molar-refractivity contribution < 1.29 is 14.3 Å². The fourth-order valence-electron chi connectivity index (χ4n) is 3.72. The number of amides is 2. The van der Waals surface area contributed by atoms with Gasteiger partial charge in [-0.25, -0.2) is 0 Å². The van der Waals surface area contributed by atoms with Crippen molar-refractivity contribution in [1.82, 2.24) is 9.47 Å². The van der Waals surface area contributed by atoms with E-state index in [1.165, 1.54) is 15.7 Å². The molecule has 0 saturated carbocycles. The molecule has 5 nitrogen and oxygen atoms in total. The summed E-state index contributed by atoms with van der Waals surface area (Å²) in [6, 6.07) is 16.6. The van der Waals surface area contributed by atoms with Crippen molar-refractivity contribution in [3.63, 3.8) is 0 Å². The van der Waals surface area contributed by atoms with Crippen LogP contribution in [0.25, 0.3) is 22.5 Å². The molecule has 0 N–H and O–H groups in total. The van der Waals surface area contributed by atoms with Gasteiger partial charge in [-0.3, -0.25) is 14.5 Å². The van der Waals surface area contributed by atoms with Crippen molar-refractivity contribution in [2.75, 3.05) is 20.3 Å². The Morgan fingerprint density at radius 1 is 1.07 bits per heavy atom. The van der Waals surface area contributed by atoms with E-state index in [0.717, 1.165) is 34.4 Å². The number of benzene rings is 2. The number of carbonyl (C=O) groups is 2. The SMILES string of the molecule is COCCN1C(=O)S/C(=C/c2cc(C)n(-c3cccc4ccccc34)c2C)C1=O. The van der Waals surface area contributed by atoms with Gasteiger partial charge >= 0.3 is 0 Å². The van der Waals surface area contributed by atoms with E-state index in [1.807, 2.05) is 25.1 Å². The first-order chi connectivity index (χ1) is 14.0. The fourth-order valence-corrected chi connectivity index (χ4v) is 4.58. The normalized spacial score (nSPS) is 15.8. The lowest BCUT2D eigenvalue weighted by Gasteiger charge is -2.13. The second-order valence-electron chi connectivity index (χ2n) is 6.99. The molecule has 0 aliphatic carbocycles. The highest BCUT2D eigenvalue weighted by Gasteiger charge is 2.34. The average Bonchev–Trinajstić information content (AvgIpc) is 3.14. The van der Waals surface area contributed by atoms with E-state index >= 15 is 0 Å². The molecule has 4 rings (SSSR count). The van der Waals surface area contributed by atoms with Crippen LogP contribution in [0.2, 0.25) is 0 Å². The van der Waals surface area contributed by atoms with Crippen LogP contribution in [0.5, 0.6) is 0 Å². The quantitative estimate of drug-likeness (QED) is 0.564. The van der Waals surface area contributed by atoms with Gasteiger partial charge in [0, 0.05) is 23.9 Å². The van der Waals surface area contributed by atoms with Gasteiger partial charge in [0.1, 0.15) is 0 Å². The predicted molar refractivity (Wildman–Crippen MR) is 117 cm³/mol. The molecule has 1 fully saturated rings. The molecule has 0 atom stereocenters. The zero-order valence-electron chi connectivity index (χ0n) is 16.6. The molecule has 0 bridgehead atoms. The minimum atomic E-state index is -0.257. The Labute approximate surface area is 173 Å². The first-order valence-corrected chi connectivity index (χ1v) is 10.2. The van der Waals surface area contributed by atoms with Crippen LogP contribution in [0.15, 0.2) is 53.4 Å². The first kappa shape index (κ1) is 19.5. The van der Waals surface area contributed by atoms with Crippen LogP contribution in [0.4, 0.5) is 4.79 Å². The molecular formula is C23H22N2O3S. The molecule has 1 aromatic heterocycles. The Kier molecular flexibility index (Phi) is 5.30. The van der Waals surface area contributed by atoms with Crippen molar-refractivity contribution in [3.05, 3.63) is 70.4 Å². The Bertz CT molecular complexity index is 1140. The van der Waals surface area contributed by atoms with Gasteiger partial charge in [-0.2, -0.15) is 0 Å². The van der Waals surface area contributed by atoms with Crippen LogP contribution in [-0.4, -0.2) is 40.9 Å². The Balaban J connectivity index is 1.74. The maximum Gasteiger partial charge on any atom is 0.293 e. The number of rotatable bonds is 5. The number of ether oxygens (including phenoxy) is 1. The predicted octanol–water partition coefficient (Wildman–Crippen LogP) is 4.93. The number of aryl methyl sites for hydroxylation is 1. The molecule has 2 aromatic carbocycles. The molecule has 0 radical (unpaired) electrons. The topological polar surface area (TPSA) is 51.5 Å². The van der Waals surface area contributed by atoms with Crippen molar-refractivity contribution in [2.24, 2.45) is 0 Å². The number of aromatic nitrogens is 1. The standard InChI is InChI=1S/C23H22N2O3S/c1-15-13-18(14-21-22(26)24(11-12-28-3)23(27)29-21)16(2)25(15)20-10-6-8-17-7-4-5-9-19(17)20/h4-10,13-14H,11-12H2,1-3H3/b21-14+. The van der Waals surface area contributed by atoms with Crippen molar-refractivity contribution in [1.29, 1.82) is 0 Å². The smallest absolute Gasteiger partial charge is 0.293 e. The monoisotopic (exact) mass is 406 g/mol. The van der Waals surface area contributed by atoms with E-state index in [4.69, 9.17) is 4.74 Å². The number of methoxy groups -OCH3 is 1. The van der Waals surface area contributed by atoms with Gasteiger partial charge in [0.05, 0.1) is 23.7 Å². The number of hydrogen-bond donors (Lipinski definition) is 0. The van der Waals surface area contributed by atoms with Crippen molar-refractivity contribution in [2.45, 2.75) is 13.8 Å². The molecule has 1 aliphatic heterocycles. The molecule has 2 heterocycles. The molecular weight excluding hydrogens is 384 g/mol. The second-order valence-corrected chi connectivity index (χ2v) is 7.98. The third-order valence-corrected chi connectivity index (χ3v) is 6.06. The van der Waals surface area contributed by atoms with Crippen LogP contribution in [0.1, 0.15) is 17.0 Å². The molecule has 0 unspecified atom stereocenters. The van der Waals surface area contributed by atoms with Crippen LogP contribution in [0.3, 0.4) is 0 Å². The number of thioether (sulfide) groups is 1. The van der Waals surface area contributed by atoms with Crippen molar-refractivity contribution in [3.8, 4) is 5.69 Å². The zero-order valence-corrected chi connectivity index (χ0v) is 17.5. The highest BCUT2D eigenvalue weighted by atomic mass is 32.2. The summed E-state index contributed by atoms with van der Waals surface area (Å²) in [6.45, 7) is 4.70. The lowest BCUT2D eigenvalue weighted by Crippen LogP contribution is -2.31. The Morgan fingerprint density at radius 2 is 1.83 bits per heavy atom. The molecule has 3 aromatic rings. The number of carbonyl (C=O) groups excluding carboxylic acids is 2. The van der Waals surface area contributed by atoms with E-state index in [0.29, 0.717) is 11.5 Å². The second kappa shape index (κ2) is 7.89. The van der Waals surface area contributed by atoms with Gasteiger partial charge in [0.15, 0.2) is 0 Å². The maximum absolute atomic E-state index is 12.6. The largest absolute Gasteiger partial charge is 0.383 e. The fraction of sp³-hybridized carbons (Fsp3) is 0.217. The van der Waals surface area contributed by atoms with Crippen LogP contribution in [-0.2, 0) is 9.53 Å². The maximum atomic E-state index is 12.6. The molecule has 2 amide bonds. The minimum Gasteiger partial charge on any atom is -0.383 e.